The van der Waals surface area contributed by atoms with Crippen LogP contribution in [0.4, 0.5) is 4.39 Å². The van der Waals surface area contributed by atoms with E-state index in [1.165, 1.54) is 12.1 Å². The summed E-state index contributed by atoms with van der Waals surface area (Å²) in [5.74, 6) is -1.51. The van der Waals surface area contributed by atoms with Crippen molar-refractivity contribution in [3.05, 3.63) is 34.1 Å². The maximum Gasteiger partial charge on any atom is 0.314 e. The van der Waals surface area contributed by atoms with Crippen LogP contribution < -0.4 is 5.73 Å². The van der Waals surface area contributed by atoms with Gasteiger partial charge in [0, 0.05) is 16.1 Å². The Morgan fingerprint density at radius 2 is 2.19 bits per heavy atom. The lowest BCUT2D eigenvalue weighted by Gasteiger charge is -2.43. The first-order valence-corrected chi connectivity index (χ1v) is 5.70. The van der Waals surface area contributed by atoms with E-state index in [0.29, 0.717) is 4.47 Å². The van der Waals surface area contributed by atoms with Crippen LogP contribution in [0, 0.1) is 5.82 Å². The highest BCUT2D eigenvalue weighted by molar-refractivity contribution is 9.10. The summed E-state index contributed by atoms with van der Waals surface area (Å²) in [6.07, 6.45) is 0.559. The lowest BCUT2D eigenvalue weighted by atomic mass is 9.61. The molecule has 3 nitrogen and oxygen atoms in total. The molecule has 1 aromatic carbocycles. The van der Waals surface area contributed by atoms with E-state index < -0.39 is 17.2 Å². The van der Waals surface area contributed by atoms with E-state index in [4.69, 9.17) is 5.73 Å². The molecule has 86 valence electrons. The molecule has 1 fully saturated rings. The first-order chi connectivity index (χ1) is 7.47. The highest BCUT2D eigenvalue weighted by Gasteiger charge is 2.52. The first-order valence-electron chi connectivity index (χ1n) is 4.91. The second-order valence-corrected chi connectivity index (χ2v) is 5.01. The van der Waals surface area contributed by atoms with E-state index in [1.807, 2.05) is 0 Å². The van der Waals surface area contributed by atoms with Crippen molar-refractivity contribution in [1.82, 2.24) is 0 Å². The minimum atomic E-state index is -1.16. The molecule has 1 saturated carbocycles. The van der Waals surface area contributed by atoms with Crippen LogP contribution in [0.1, 0.15) is 18.4 Å². The number of benzene rings is 1. The molecule has 1 aliphatic rings. The topological polar surface area (TPSA) is 63.3 Å². The van der Waals surface area contributed by atoms with Crippen LogP contribution >= 0.6 is 15.9 Å². The lowest BCUT2D eigenvalue weighted by Crippen LogP contribution is -2.54. The SMILES string of the molecule is NC1CC(C(=O)O)(c2c(F)cccc2Br)C1. The van der Waals surface area contributed by atoms with Gasteiger partial charge in [0.2, 0.25) is 0 Å². The van der Waals surface area contributed by atoms with Crippen LogP contribution in [0.15, 0.2) is 22.7 Å². The fraction of sp³-hybridized carbons (Fsp3) is 0.364. The predicted octanol–water partition coefficient (Wildman–Crippen LogP) is 2.03. The molecule has 1 aliphatic carbocycles. The number of nitrogens with two attached hydrogens (primary N) is 1. The zero-order chi connectivity index (χ0) is 11.9. The minimum absolute atomic E-state index is 0.164. The number of carboxylic acids is 1. The van der Waals surface area contributed by atoms with Crippen molar-refractivity contribution < 1.29 is 14.3 Å². The average Bonchev–Trinajstić information content (AvgIpc) is 2.13. The average molecular weight is 288 g/mol. The van der Waals surface area contributed by atoms with Crippen molar-refractivity contribution in [3.63, 3.8) is 0 Å². The molecule has 1 aromatic rings. The van der Waals surface area contributed by atoms with Crippen LogP contribution in [0.25, 0.3) is 0 Å². The molecule has 0 radical (unpaired) electrons. The molecule has 5 heteroatoms. The van der Waals surface area contributed by atoms with Crippen LogP contribution in [-0.4, -0.2) is 17.1 Å². The first kappa shape index (κ1) is 11.5. The summed E-state index contributed by atoms with van der Waals surface area (Å²) in [5.41, 5.74) is 4.68. The van der Waals surface area contributed by atoms with E-state index in [9.17, 15) is 14.3 Å². The monoisotopic (exact) mass is 287 g/mol. The molecule has 3 N–H and O–H groups in total. The Kier molecular flexibility index (Phi) is 2.75. The Morgan fingerprint density at radius 1 is 1.56 bits per heavy atom. The fourth-order valence-electron chi connectivity index (χ4n) is 2.28. The highest BCUT2D eigenvalue weighted by atomic mass is 79.9. The third-order valence-electron chi connectivity index (χ3n) is 3.07. The molecule has 0 atom stereocenters. The minimum Gasteiger partial charge on any atom is -0.481 e. The number of hydrogen-bond acceptors (Lipinski definition) is 2. The van der Waals surface area contributed by atoms with Gasteiger partial charge in [-0.2, -0.15) is 0 Å². The van der Waals surface area contributed by atoms with Gasteiger partial charge in [-0.1, -0.05) is 22.0 Å². The highest BCUT2D eigenvalue weighted by Crippen LogP contribution is 2.46. The van der Waals surface area contributed by atoms with Gasteiger partial charge in [0.15, 0.2) is 0 Å². The Labute approximate surface area is 101 Å². The molecule has 0 saturated heterocycles. The van der Waals surface area contributed by atoms with Crippen molar-refractivity contribution in [2.45, 2.75) is 24.3 Å². The van der Waals surface area contributed by atoms with E-state index in [-0.39, 0.29) is 24.4 Å². The van der Waals surface area contributed by atoms with Crippen LogP contribution in [0.3, 0.4) is 0 Å². The van der Waals surface area contributed by atoms with Gasteiger partial charge >= 0.3 is 5.97 Å². The van der Waals surface area contributed by atoms with E-state index in [0.717, 1.165) is 0 Å². The Morgan fingerprint density at radius 3 is 2.62 bits per heavy atom. The molecule has 0 bridgehead atoms. The molecule has 0 amide bonds. The van der Waals surface area contributed by atoms with Crippen molar-refractivity contribution in [3.8, 4) is 0 Å². The van der Waals surface area contributed by atoms with Gasteiger partial charge < -0.3 is 10.8 Å². The second kappa shape index (κ2) is 3.82. The Bertz CT molecular complexity index is 423. The zero-order valence-corrected chi connectivity index (χ0v) is 10.00. The number of carboxylic acid groups (broad SMARTS) is 1. The normalized spacial score (nSPS) is 28.6. The molecular formula is C11H11BrFNO2. The molecule has 2 rings (SSSR count). The summed E-state index contributed by atoms with van der Waals surface area (Å²) in [6, 6.07) is 4.29. The molecular weight excluding hydrogens is 277 g/mol. The summed E-state index contributed by atoms with van der Waals surface area (Å²) in [7, 11) is 0. The Hall–Kier alpha value is -0.940. The summed E-state index contributed by atoms with van der Waals surface area (Å²) >= 11 is 3.20. The maximum atomic E-state index is 13.7. The van der Waals surface area contributed by atoms with Gasteiger partial charge in [-0.15, -0.1) is 0 Å². The van der Waals surface area contributed by atoms with Gasteiger partial charge in [0.25, 0.3) is 0 Å². The standard InChI is InChI=1S/C11H11BrFNO2/c12-7-2-1-3-8(13)9(7)11(10(15)16)4-6(14)5-11/h1-3,6H,4-5,14H2,(H,15,16). The van der Waals surface area contributed by atoms with Crippen LogP contribution in [0.2, 0.25) is 0 Å². The van der Waals surface area contributed by atoms with Crippen molar-refractivity contribution in [2.24, 2.45) is 5.73 Å². The third kappa shape index (κ3) is 1.55. The summed E-state index contributed by atoms with van der Waals surface area (Å²) in [6.45, 7) is 0. The van der Waals surface area contributed by atoms with Crippen molar-refractivity contribution in [1.29, 1.82) is 0 Å². The molecule has 0 heterocycles. The van der Waals surface area contributed by atoms with Crippen LogP contribution in [-0.2, 0) is 10.2 Å². The largest absolute Gasteiger partial charge is 0.481 e. The maximum absolute atomic E-state index is 13.7. The summed E-state index contributed by atoms with van der Waals surface area (Å²) in [5, 5.41) is 9.26. The van der Waals surface area contributed by atoms with Gasteiger partial charge in [-0.3, -0.25) is 4.79 Å². The van der Waals surface area contributed by atoms with Gasteiger partial charge in [0.05, 0.1) is 5.41 Å². The quantitative estimate of drug-likeness (QED) is 0.875. The number of rotatable bonds is 2. The molecule has 16 heavy (non-hydrogen) atoms. The number of hydrogen-bond donors (Lipinski definition) is 2. The number of carbonyl (C=O) groups is 1. The predicted molar refractivity (Wildman–Crippen MR) is 60.6 cm³/mol. The fourth-order valence-corrected chi connectivity index (χ4v) is 3.00. The smallest absolute Gasteiger partial charge is 0.314 e. The van der Waals surface area contributed by atoms with Gasteiger partial charge in [-0.05, 0) is 25.0 Å². The zero-order valence-electron chi connectivity index (χ0n) is 8.41. The number of halogens is 2. The lowest BCUT2D eigenvalue weighted by molar-refractivity contribution is -0.148. The van der Waals surface area contributed by atoms with Crippen molar-refractivity contribution in [2.75, 3.05) is 0 Å². The van der Waals surface area contributed by atoms with E-state index >= 15 is 0 Å². The number of aliphatic carboxylic acids is 1. The van der Waals surface area contributed by atoms with Gasteiger partial charge in [0.1, 0.15) is 5.82 Å². The Balaban J connectivity index is 2.53. The summed E-state index contributed by atoms with van der Waals surface area (Å²) in [4.78, 5) is 11.3. The second-order valence-electron chi connectivity index (χ2n) is 4.15. The molecule has 0 spiro atoms. The molecule has 0 unspecified atom stereocenters. The summed E-state index contributed by atoms with van der Waals surface area (Å²) < 4.78 is 14.2. The molecule has 0 aromatic heterocycles. The third-order valence-corrected chi connectivity index (χ3v) is 3.73. The van der Waals surface area contributed by atoms with Gasteiger partial charge in [-0.25, -0.2) is 4.39 Å². The van der Waals surface area contributed by atoms with E-state index in [2.05, 4.69) is 15.9 Å². The van der Waals surface area contributed by atoms with Crippen LogP contribution in [0.5, 0.6) is 0 Å². The molecule has 0 aliphatic heterocycles. The van der Waals surface area contributed by atoms with Crippen molar-refractivity contribution >= 4 is 21.9 Å². The van der Waals surface area contributed by atoms with E-state index in [1.54, 1.807) is 6.07 Å².